The molecule has 0 radical (unpaired) electrons. The Hall–Kier alpha value is -2.07. The molecule has 2 aromatic rings. The Kier molecular flexibility index (Phi) is 3.61. The summed E-state index contributed by atoms with van der Waals surface area (Å²) in [5.41, 5.74) is 2.20. The van der Waals surface area contributed by atoms with E-state index in [1.54, 1.807) is 0 Å². The maximum Gasteiger partial charge on any atom is 0.221 e. The fraction of sp³-hybridized carbons (Fsp3) is 0.267. The third-order valence-corrected chi connectivity index (χ3v) is 2.98. The zero-order valence-electron chi connectivity index (χ0n) is 10.6. The molecule has 1 aromatic carbocycles. The quantitative estimate of drug-likeness (QED) is 0.913. The zero-order chi connectivity index (χ0) is 12.9. The van der Waals surface area contributed by atoms with Crippen molar-refractivity contribution in [1.82, 2.24) is 10.3 Å². The summed E-state index contributed by atoms with van der Waals surface area (Å²) in [6, 6.07) is 13.9. The summed E-state index contributed by atoms with van der Waals surface area (Å²) in [5, 5.41) is 3.27. The van der Waals surface area contributed by atoms with E-state index in [9.17, 15) is 0 Å². The molecule has 0 saturated carbocycles. The third kappa shape index (κ3) is 3.03. The van der Waals surface area contributed by atoms with E-state index in [4.69, 9.17) is 9.47 Å². The molecule has 98 valence electrons. The molecular formula is C15H16N2O2. The monoisotopic (exact) mass is 256 g/mol. The first-order valence-corrected chi connectivity index (χ1v) is 6.42. The Bertz CT molecular complexity index is 543. The molecule has 0 saturated heterocycles. The highest BCUT2D eigenvalue weighted by molar-refractivity contribution is 5.31. The highest BCUT2D eigenvalue weighted by Crippen LogP contribution is 2.21. The third-order valence-electron chi connectivity index (χ3n) is 2.98. The molecule has 0 bridgehead atoms. The van der Waals surface area contributed by atoms with Gasteiger partial charge in [-0.05, 0) is 11.6 Å². The van der Waals surface area contributed by atoms with Crippen LogP contribution < -0.4 is 14.8 Å². The molecule has 0 atom stereocenters. The van der Waals surface area contributed by atoms with Gasteiger partial charge in [0.25, 0.3) is 0 Å². The van der Waals surface area contributed by atoms with Crippen molar-refractivity contribution in [1.29, 1.82) is 0 Å². The number of rotatable bonds is 3. The summed E-state index contributed by atoms with van der Waals surface area (Å²) in [4.78, 5) is 4.40. The molecule has 2 heterocycles. The highest BCUT2D eigenvalue weighted by Gasteiger charge is 2.11. The van der Waals surface area contributed by atoms with Crippen LogP contribution >= 0.6 is 0 Å². The van der Waals surface area contributed by atoms with E-state index in [0.29, 0.717) is 25.0 Å². The Morgan fingerprint density at radius 2 is 2.05 bits per heavy atom. The van der Waals surface area contributed by atoms with E-state index in [1.165, 1.54) is 0 Å². The number of pyridine rings is 1. The average molecular weight is 256 g/mol. The molecule has 19 heavy (non-hydrogen) atoms. The van der Waals surface area contributed by atoms with Gasteiger partial charge in [-0.2, -0.15) is 4.98 Å². The number of hydrogen-bond acceptors (Lipinski definition) is 4. The molecule has 1 aromatic heterocycles. The SMILES string of the molecule is c1ccc(COc2ccc3c(n2)OCCNC3)cc1. The van der Waals surface area contributed by atoms with Crippen LogP contribution in [-0.4, -0.2) is 18.1 Å². The van der Waals surface area contributed by atoms with Crippen molar-refractivity contribution in [3.8, 4) is 11.8 Å². The summed E-state index contributed by atoms with van der Waals surface area (Å²) >= 11 is 0. The molecule has 0 fully saturated rings. The minimum Gasteiger partial charge on any atom is -0.476 e. The number of benzene rings is 1. The van der Waals surface area contributed by atoms with Gasteiger partial charge >= 0.3 is 0 Å². The minimum atomic E-state index is 0.519. The summed E-state index contributed by atoms with van der Waals surface area (Å²) in [6.07, 6.45) is 0. The first kappa shape index (κ1) is 12.0. The molecule has 0 spiro atoms. The molecule has 4 heteroatoms. The molecule has 0 amide bonds. The lowest BCUT2D eigenvalue weighted by Gasteiger charge is -2.09. The van der Waals surface area contributed by atoms with Gasteiger partial charge in [0.1, 0.15) is 13.2 Å². The Labute approximate surface area is 112 Å². The average Bonchev–Trinajstić information content (AvgIpc) is 2.71. The molecule has 3 rings (SSSR count). The van der Waals surface area contributed by atoms with E-state index in [2.05, 4.69) is 10.3 Å². The Morgan fingerprint density at radius 1 is 1.16 bits per heavy atom. The molecular weight excluding hydrogens is 240 g/mol. The van der Waals surface area contributed by atoms with Crippen LogP contribution in [0.3, 0.4) is 0 Å². The number of nitrogens with zero attached hydrogens (tertiary/aromatic N) is 1. The second kappa shape index (κ2) is 5.71. The lowest BCUT2D eigenvalue weighted by molar-refractivity contribution is 0.276. The predicted molar refractivity (Wildman–Crippen MR) is 72.2 cm³/mol. The normalized spacial score (nSPS) is 14.1. The number of hydrogen-bond donors (Lipinski definition) is 1. The van der Waals surface area contributed by atoms with Crippen molar-refractivity contribution in [2.75, 3.05) is 13.2 Å². The standard InChI is InChI=1S/C15H16N2O2/c1-2-4-12(5-3-1)11-19-14-7-6-13-10-16-8-9-18-15(13)17-14/h1-7,16H,8-11H2. The fourth-order valence-electron chi connectivity index (χ4n) is 1.97. The minimum absolute atomic E-state index is 0.519. The highest BCUT2D eigenvalue weighted by atomic mass is 16.5. The van der Waals surface area contributed by atoms with Crippen LogP contribution in [-0.2, 0) is 13.2 Å². The summed E-state index contributed by atoms with van der Waals surface area (Å²) in [6.45, 7) is 2.80. The van der Waals surface area contributed by atoms with Crippen LogP contribution in [0.15, 0.2) is 42.5 Å². The second-order valence-corrected chi connectivity index (χ2v) is 4.41. The van der Waals surface area contributed by atoms with Crippen molar-refractivity contribution in [3.63, 3.8) is 0 Å². The molecule has 1 N–H and O–H groups in total. The summed E-state index contributed by atoms with van der Waals surface area (Å²) < 4.78 is 11.3. The van der Waals surface area contributed by atoms with Gasteiger partial charge in [0.15, 0.2) is 0 Å². The van der Waals surface area contributed by atoms with Crippen molar-refractivity contribution in [2.24, 2.45) is 0 Å². The number of ether oxygens (including phenoxy) is 2. The van der Waals surface area contributed by atoms with Crippen LogP contribution in [0.4, 0.5) is 0 Å². The van der Waals surface area contributed by atoms with Crippen LogP contribution in [0.25, 0.3) is 0 Å². The number of nitrogens with one attached hydrogen (secondary N) is 1. The van der Waals surface area contributed by atoms with E-state index in [-0.39, 0.29) is 0 Å². The van der Waals surface area contributed by atoms with Gasteiger partial charge in [0, 0.05) is 24.7 Å². The molecule has 0 aliphatic carbocycles. The summed E-state index contributed by atoms with van der Waals surface area (Å²) in [7, 11) is 0. The second-order valence-electron chi connectivity index (χ2n) is 4.41. The van der Waals surface area contributed by atoms with Gasteiger partial charge in [-0.15, -0.1) is 0 Å². The van der Waals surface area contributed by atoms with Crippen LogP contribution in [0.5, 0.6) is 11.8 Å². The molecule has 0 unspecified atom stereocenters. The molecule has 1 aliphatic heterocycles. The van der Waals surface area contributed by atoms with Crippen LogP contribution in [0.2, 0.25) is 0 Å². The lowest BCUT2D eigenvalue weighted by atomic mass is 10.2. The Morgan fingerprint density at radius 3 is 2.95 bits per heavy atom. The molecule has 1 aliphatic rings. The largest absolute Gasteiger partial charge is 0.476 e. The van der Waals surface area contributed by atoms with Gasteiger partial charge in [-0.3, -0.25) is 0 Å². The smallest absolute Gasteiger partial charge is 0.221 e. The van der Waals surface area contributed by atoms with Crippen LogP contribution in [0, 0.1) is 0 Å². The van der Waals surface area contributed by atoms with Gasteiger partial charge in [0.05, 0.1) is 0 Å². The van der Waals surface area contributed by atoms with E-state index in [0.717, 1.165) is 24.2 Å². The van der Waals surface area contributed by atoms with E-state index >= 15 is 0 Å². The van der Waals surface area contributed by atoms with Crippen molar-refractivity contribution >= 4 is 0 Å². The maximum absolute atomic E-state index is 5.69. The topological polar surface area (TPSA) is 43.4 Å². The fourth-order valence-corrected chi connectivity index (χ4v) is 1.97. The van der Waals surface area contributed by atoms with E-state index < -0.39 is 0 Å². The molecule has 4 nitrogen and oxygen atoms in total. The van der Waals surface area contributed by atoms with Crippen LogP contribution in [0.1, 0.15) is 11.1 Å². The maximum atomic E-state index is 5.69. The first-order valence-electron chi connectivity index (χ1n) is 6.42. The number of fused-ring (bicyclic) bond motifs is 1. The number of aromatic nitrogens is 1. The van der Waals surface area contributed by atoms with Gasteiger partial charge in [0.2, 0.25) is 11.8 Å². The summed E-state index contributed by atoms with van der Waals surface area (Å²) in [5.74, 6) is 1.28. The van der Waals surface area contributed by atoms with Gasteiger partial charge in [-0.1, -0.05) is 30.3 Å². The van der Waals surface area contributed by atoms with Crippen molar-refractivity contribution in [3.05, 3.63) is 53.6 Å². The zero-order valence-corrected chi connectivity index (χ0v) is 10.6. The van der Waals surface area contributed by atoms with E-state index in [1.807, 2.05) is 42.5 Å². The van der Waals surface area contributed by atoms with Gasteiger partial charge in [-0.25, -0.2) is 0 Å². The predicted octanol–water partition coefficient (Wildman–Crippen LogP) is 2.14. The lowest BCUT2D eigenvalue weighted by Crippen LogP contribution is -2.16. The first-order chi connectivity index (χ1) is 9.42. The van der Waals surface area contributed by atoms with Gasteiger partial charge < -0.3 is 14.8 Å². The van der Waals surface area contributed by atoms with Crippen molar-refractivity contribution in [2.45, 2.75) is 13.2 Å². The van der Waals surface area contributed by atoms with Crippen molar-refractivity contribution < 1.29 is 9.47 Å². The Balaban J connectivity index is 1.70.